The molecule has 2 nitrogen and oxygen atoms in total. The van der Waals surface area contributed by atoms with E-state index in [-0.39, 0.29) is 6.61 Å². The van der Waals surface area contributed by atoms with Gasteiger partial charge >= 0.3 is 0 Å². The van der Waals surface area contributed by atoms with Crippen LogP contribution < -0.4 is 0 Å². The first-order valence-corrected chi connectivity index (χ1v) is 8.22. The molecular formula is C22H22O2. The Morgan fingerprint density at radius 3 is 2.04 bits per heavy atom. The van der Waals surface area contributed by atoms with Gasteiger partial charge in [-0.1, -0.05) is 66.7 Å². The molecule has 1 N–H and O–H groups in total. The van der Waals surface area contributed by atoms with Gasteiger partial charge in [0.25, 0.3) is 0 Å². The lowest BCUT2D eigenvalue weighted by molar-refractivity contribution is 0.0815. The van der Waals surface area contributed by atoms with E-state index in [9.17, 15) is 0 Å². The molecule has 0 radical (unpaired) electrons. The molecule has 0 bridgehead atoms. The van der Waals surface area contributed by atoms with Crippen molar-refractivity contribution in [1.29, 1.82) is 0 Å². The number of benzene rings is 3. The molecule has 0 aliphatic rings. The monoisotopic (exact) mass is 318 g/mol. The molecule has 0 saturated carbocycles. The third-order valence-corrected chi connectivity index (χ3v) is 4.15. The molecule has 0 unspecified atom stereocenters. The van der Waals surface area contributed by atoms with E-state index in [2.05, 4.69) is 67.6 Å². The second-order valence-corrected chi connectivity index (χ2v) is 5.83. The number of aliphatic hydroxyl groups excluding tert-OH is 1. The molecule has 0 aliphatic heterocycles. The molecule has 2 heteroatoms. The van der Waals surface area contributed by atoms with E-state index in [1.165, 1.54) is 33.4 Å². The third kappa shape index (κ3) is 3.73. The Hall–Kier alpha value is -2.42. The highest BCUT2D eigenvalue weighted by Crippen LogP contribution is 2.32. The fraction of sp³-hybridized carbons (Fsp3) is 0.182. The average Bonchev–Trinajstić information content (AvgIpc) is 2.64. The zero-order chi connectivity index (χ0) is 16.8. The molecule has 0 saturated heterocycles. The average molecular weight is 318 g/mol. The minimum atomic E-state index is 0.0435. The predicted molar refractivity (Wildman–Crippen MR) is 98.8 cm³/mol. The molecule has 0 fully saturated rings. The summed E-state index contributed by atoms with van der Waals surface area (Å²) in [4.78, 5) is 0. The molecule has 3 rings (SSSR count). The van der Waals surface area contributed by atoms with Crippen molar-refractivity contribution in [1.82, 2.24) is 0 Å². The highest BCUT2D eigenvalue weighted by atomic mass is 16.5. The number of hydrogen-bond acceptors (Lipinski definition) is 2. The molecule has 0 spiro atoms. The largest absolute Gasteiger partial charge is 0.394 e. The van der Waals surface area contributed by atoms with E-state index in [4.69, 9.17) is 9.84 Å². The summed E-state index contributed by atoms with van der Waals surface area (Å²) in [6, 6.07) is 25.2. The topological polar surface area (TPSA) is 29.5 Å². The van der Waals surface area contributed by atoms with Gasteiger partial charge in [0, 0.05) is 0 Å². The van der Waals surface area contributed by atoms with Crippen LogP contribution in [0.3, 0.4) is 0 Å². The lowest BCUT2D eigenvalue weighted by atomic mass is 9.91. The Labute approximate surface area is 143 Å². The molecule has 3 aromatic rings. The first-order chi connectivity index (χ1) is 11.8. The summed E-state index contributed by atoms with van der Waals surface area (Å²) in [7, 11) is 0. The summed E-state index contributed by atoms with van der Waals surface area (Å²) in [5.74, 6) is 0. The molecule has 0 aliphatic carbocycles. The standard InChI is InChI=1S/C22H22O2/c1-17-14-20(18-8-4-2-5-9-18)15-21(19-10-6-3-7-11-19)22(17)16-24-13-12-23/h2-11,14-15,23H,12-13,16H2,1H3. The van der Waals surface area contributed by atoms with Crippen molar-refractivity contribution in [2.24, 2.45) is 0 Å². The SMILES string of the molecule is Cc1cc(-c2ccccc2)cc(-c2ccccc2)c1COCCO. The summed E-state index contributed by atoms with van der Waals surface area (Å²) in [6.45, 7) is 3.03. The van der Waals surface area contributed by atoms with Gasteiger partial charge in [-0.05, 0) is 46.4 Å². The molecule has 0 amide bonds. The fourth-order valence-electron chi connectivity index (χ4n) is 2.92. The van der Waals surface area contributed by atoms with Gasteiger partial charge in [-0.25, -0.2) is 0 Å². The van der Waals surface area contributed by atoms with Gasteiger partial charge < -0.3 is 9.84 Å². The van der Waals surface area contributed by atoms with Crippen LogP contribution in [-0.2, 0) is 11.3 Å². The maximum atomic E-state index is 8.97. The Morgan fingerprint density at radius 1 is 0.792 bits per heavy atom. The summed E-state index contributed by atoms with van der Waals surface area (Å²) in [6.07, 6.45) is 0. The summed E-state index contributed by atoms with van der Waals surface area (Å²) in [5.41, 5.74) is 7.16. The zero-order valence-electron chi connectivity index (χ0n) is 13.9. The first-order valence-electron chi connectivity index (χ1n) is 8.22. The summed E-state index contributed by atoms with van der Waals surface area (Å²) in [5, 5.41) is 8.97. The number of hydrogen-bond donors (Lipinski definition) is 1. The van der Waals surface area contributed by atoms with Gasteiger partial charge in [-0.15, -0.1) is 0 Å². The van der Waals surface area contributed by atoms with Gasteiger partial charge in [0.1, 0.15) is 0 Å². The molecule has 3 aromatic carbocycles. The van der Waals surface area contributed by atoms with Crippen molar-refractivity contribution in [3.8, 4) is 22.3 Å². The number of rotatable bonds is 6. The van der Waals surface area contributed by atoms with E-state index < -0.39 is 0 Å². The van der Waals surface area contributed by atoms with Crippen molar-refractivity contribution in [3.63, 3.8) is 0 Å². The second kappa shape index (κ2) is 7.91. The predicted octanol–water partition coefficient (Wildman–Crippen LogP) is 4.84. The molecule has 0 heterocycles. The van der Waals surface area contributed by atoms with E-state index in [1.807, 2.05) is 12.1 Å². The second-order valence-electron chi connectivity index (χ2n) is 5.83. The third-order valence-electron chi connectivity index (χ3n) is 4.15. The van der Waals surface area contributed by atoms with Crippen LogP contribution in [0.4, 0.5) is 0 Å². The Morgan fingerprint density at radius 2 is 1.42 bits per heavy atom. The van der Waals surface area contributed by atoms with E-state index in [1.54, 1.807) is 0 Å². The van der Waals surface area contributed by atoms with Gasteiger partial charge in [0.2, 0.25) is 0 Å². The first kappa shape index (κ1) is 16.4. The quantitative estimate of drug-likeness (QED) is 0.659. The highest BCUT2D eigenvalue weighted by molar-refractivity contribution is 5.77. The van der Waals surface area contributed by atoms with Crippen molar-refractivity contribution >= 4 is 0 Å². The van der Waals surface area contributed by atoms with Crippen molar-refractivity contribution in [2.45, 2.75) is 13.5 Å². The lowest BCUT2D eigenvalue weighted by Gasteiger charge is -2.16. The van der Waals surface area contributed by atoms with Crippen LogP contribution in [0.25, 0.3) is 22.3 Å². The minimum absolute atomic E-state index is 0.0435. The van der Waals surface area contributed by atoms with Gasteiger partial charge in [0.05, 0.1) is 19.8 Å². The highest BCUT2D eigenvalue weighted by Gasteiger charge is 2.11. The van der Waals surface area contributed by atoms with Crippen LogP contribution in [0.5, 0.6) is 0 Å². The Bertz CT molecular complexity index is 780. The summed E-state index contributed by atoms with van der Waals surface area (Å²) < 4.78 is 5.61. The molecule has 122 valence electrons. The molecule has 0 atom stereocenters. The van der Waals surface area contributed by atoms with Crippen LogP contribution in [0, 0.1) is 6.92 Å². The minimum Gasteiger partial charge on any atom is -0.394 e. The van der Waals surface area contributed by atoms with Crippen LogP contribution >= 0.6 is 0 Å². The molecule has 0 aromatic heterocycles. The van der Waals surface area contributed by atoms with Crippen LogP contribution in [-0.4, -0.2) is 18.3 Å². The van der Waals surface area contributed by atoms with E-state index in [0.717, 1.165) is 0 Å². The van der Waals surface area contributed by atoms with Gasteiger partial charge in [0.15, 0.2) is 0 Å². The maximum Gasteiger partial charge on any atom is 0.0726 e. The number of ether oxygens (including phenoxy) is 1. The summed E-state index contributed by atoms with van der Waals surface area (Å²) >= 11 is 0. The number of aliphatic hydroxyl groups is 1. The molecule has 24 heavy (non-hydrogen) atoms. The van der Waals surface area contributed by atoms with Crippen molar-refractivity contribution < 1.29 is 9.84 Å². The number of aryl methyl sites for hydroxylation is 1. The van der Waals surface area contributed by atoms with Crippen LogP contribution in [0.1, 0.15) is 11.1 Å². The maximum absolute atomic E-state index is 8.97. The fourth-order valence-corrected chi connectivity index (χ4v) is 2.92. The Balaban J connectivity index is 2.09. The Kier molecular flexibility index (Phi) is 5.42. The molecular weight excluding hydrogens is 296 g/mol. The van der Waals surface area contributed by atoms with E-state index >= 15 is 0 Å². The van der Waals surface area contributed by atoms with Gasteiger partial charge in [-0.2, -0.15) is 0 Å². The van der Waals surface area contributed by atoms with Gasteiger partial charge in [-0.3, -0.25) is 0 Å². The van der Waals surface area contributed by atoms with E-state index in [0.29, 0.717) is 13.2 Å². The smallest absolute Gasteiger partial charge is 0.0726 e. The van der Waals surface area contributed by atoms with Crippen molar-refractivity contribution in [2.75, 3.05) is 13.2 Å². The lowest BCUT2D eigenvalue weighted by Crippen LogP contribution is -2.03. The normalized spacial score (nSPS) is 10.8. The van der Waals surface area contributed by atoms with Crippen LogP contribution in [0.15, 0.2) is 72.8 Å². The van der Waals surface area contributed by atoms with Crippen molar-refractivity contribution in [3.05, 3.63) is 83.9 Å². The van der Waals surface area contributed by atoms with Crippen LogP contribution in [0.2, 0.25) is 0 Å². The zero-order valence-corrected chi connectivity index (χ0v) is 13.9.